The average Bonchev–Trinajstić information content (AvgIpc) is 0.825. The molecular formula is C118H212O30. The van der Waals surface area contributed by atoms with Crippen molar-refractivity contribution >= 4 is 0 Å². The molecule has 0 amide bonds. The lowest BCUT2D eigenvalue weighted by molar-refractivity contribution is -0.321. The first-order valence-corrected chi connectivity index (χ1v) is 54.8. The molecule has 4 aromatic carbocycles. The Morgan fingerprint density at radius 2 is 0.426 bits per heavy atom. The summed E-state index contributed by atoms with van der Waals surface area (Å²) in [7, 11) is 0. The minimum Gasteiger partial charge on any atom is -0.491 e. The zero-order valence-electron chi connectivity index (χ0n) is 99.1. The Kier molecular flexibility index (Phi) is 91.3. The van der Waals surface area contributed by atoms with Crippen LogP contribution in [0.5, 0.6) is 51.7 Å². The molecule has 1 aromatic heterocycles. The van der Waals surface area contributed by atoms with Gasteiger partial charge in [-0.15, -0.1) is 0 Å². The van der Waals surface area contributed by atoms with Crippen LogP contribution < -0.4 is 42.6 Å². The molecule has 148 heavy (non-hydrogen) atoms. The lowest BCUT2D eigenvalue weighted by Gasteiger charge is -2.30. The predicted molar refractivity (Wildman–Crippen MR) is 593 cm³/mol. The van der Waals surface area contributed by atoms with Gasteiger partial charge < -0.3 is 132 Å². The molecule has 0 bridgehead atoms. The monoisotopic (exact) mass is 2110 g/mol. The highest BCUT2D eigenvalue weighted by Gasteiger charge is 2.25. The molecule has 1 aliphatic rings. The van der Waals surface area contributed by atoms with Gasteiger partial charge in [0.1, 0.15) is 119 Å². The largest absolute Gasteiger partial charge is 0.491 e. The summed E-state index contributed by atoms with van der Waals surface area (Å²) in [5, 5.41) is 0. The van der Waals surface area contributed by atoms with Gasteiger partial charge in [0.15, 0.2) is 11.5 Å². The molecule has 0 N–H and O–H groups in total. The number of rotatable bonds is 75. The van der Waals surface area contributed by atoms with Gasteiger partial charge in [-0.2, -0.15) is 0 Å². The molecule has 30 heteroatoms. The quantitative estimate of drug-likeness (QED) is 0.0199. The van der Waals surface area contributed by atoms with E-state index in [0.29, 0.717) is 237 Å². The van der Waals surface area contributed by atoms with Crippen LogP contribution in [0.4, 0.5) is 0 Å². The van der Waals surface area contributed by atoms with Gasteiger partial charge in [-0.3, -0.25) is 0 Å². The van der Waals surface area contributed by atoms with Gasteiger partial charge in [-0.25, -0.2) is 9.78 Å². The molecule has 1 fully saturated rings. The summed E-state index contributed by atoms with van der Waals surface area (Å²) < 4.78 is 154. The smallest absolute Gasteiger partial charge is 0.199 e. The number of ether oxygens (including phenoxy) is 27. The van der Waals surface area contributed by atoms with E-state index >= 15 is 0 Å². The minimum atomic E-state index is -0.113. The second kappa shape index (κ2) is 94.1. The zero-order valence-corrected chi connectivity index (χ0v) is 99.1. The van der Waals surface area contributed by atoms with Crippen molar-refractivity contribution in [2.24, 2.45) is 0 Å². The number of furan rings is 1. The third-order valence-corrected chi connectivity index (χ3v) is 19.2. The molecule has 0 saturated heterocycles. The summed E-state index contributed by atoms with van der Waals surface area (Å²) in [6.07, 6.45) is 15.1. The second-order valence-electron chi connectivity index (χ2n) is 40.1. The lowest BCUT2D eigenvalue weighted by Crippen LogP contribution is -2.29. The van der Waals surface area contributed by atoms with Gasteiger partial charge in [0.05, 0.1) is 222 Å². The van der Waals surface area contributed by atoms with Crippen LogP contribution in [0.1, 0.15) is 299 Å². The molecule has 6 rings (SSSR count). The third-order valence-electron chi connectivity index (χ3n) is 19.2. The highest BCUT2D eigenvalue weighted by atomic mass is 17.2. The number of hydrogen-bond donors (Lipinski definition) is 0. The first-order chi connectivity index (χ1) is 70.3. The second-order valence-corrected chi connectivity index (χ2v) is 40.1. The normalized spacial score (nSPS) is 13.1. The van der Waals surface area contributed by atoms with E-state index < -0.39 is 0 Å². The Morgan fingerprint density at radius 1 is 0.216 bits per heavy atom. The van der Waals surface area contributed by atoms with Gasteiger partial charge in [0, 0.05) is 42.9 Å². The maximum Gasteiger partial charge on any atom is 0.199 e. The average molecular weight is 2110 g/mol. The van der Waals surface area contributed by atoms with Gasteiger partial charge >= 0.3 is 0 Å². The topological polar surface area (TPSA) is 281 Å². The van der Waals surface area contributed by atoms with Gasteiger partial charge in [-0.05, 0) is 321 Å². The number of benzene rings is 4. The first kappa shape index (κ1) is 144. The standard InChI is InChI=1S/C25H36O4.C21H36O6.C16H26O4.C14H24O5.C12H26O4.C12H24O2.C10H22O2.C8H18O3/c1-19(2)26-15-17-28-23-11-7-21(8-12-23)25(5,6)22-9-13-24(14-10-22)29-18-16-27-20(3)4;1-16(2)22-7-10-25-19-13-20(26-11-8-23-17(3)4)15-21(14-19)27-12-9-24-18(5)6;1-13(2)17-8-10-19-15-6-5-7-16(12-15)20-11-9-18-14(3)4;1-11(2)16-5-7-18-13-9-15-10-14(13)19-8-6-17-12(3)4;1-11(2)15-9-7-13-5-6-14-8-10-16-12(3)4;1-9(2)13-11-5-7-12(8-6-11)14-10(3)4;1-9(2)11-7-5-6-8-12-10(3)4;1-7(2)9-5-6-10-11-8(3)4/h7-14,19-20H,15-18H2,1-6H3;13-18H,7-12H2,1-6H3;5-7,12-14H,8-11H2,1-4H3;9-12H,5-8H2,1-4H3;11-12H,5-10H2,1-4H3;9-12H,5-8H2,1-4H3;9-10H,5-8H2,1-4H3;7-8H,5-6H2,1-4H3. The Hall–Kier alpha value is -6.44. The first-order valence-electron chi connectivity index (χ1n) is 54.8. The van der Waals surface area contributed by atoms with Crippen LogP contribution in [0.15, 0.2) is 108 Å². The molecule has 0 radical (unpaired) electrons. The van der Waals surface area contributed by atoms with Gasteiger partial charge in [0.2, 0.25) is 0 Å². The van der Waals surface area contributed by atoms with Crippen molar-refractivity contribution < 1.29 is 142 Å². The summed E-state index contributed by atoms with van der Waals surface area (Å²) in [6.45, 7) is 89.2. The highest BCUT2D eigenvalue weighted by Crippen LogP contribution is 2.35. The molecule has 0 spiro atoms. The van der Waals surface area contributed by atoms with E-state index in [1.54, 1.807) is 0 Å². The molecule has 864 valence electrons. The molecule has 0 atom stereocenters. The Balaban J connectivity index is 0. The predicted octanol–water partition coefficient (Wildman–Crippen LogP) is 25.3. The summed E-state index contributed by atoms with van der Waals surface area (Å²) in [5.74, 6) is 6.56. The number of hydrogen-bond acceptors (Lipinski definition) is 30. The van der Waals surface area contributed by atoms with Crippen LogP contribution in [-0.2, 0) is 100 Å². The fourth-order valence-electron chi connectivity index (χ4n) is 12.4. The Labute approximate surface area is 898 Å². The van der Waals surface area contributed by atoms with E-state index in [1.165, 1.54) is 23.7 Å². The molecule has 1 heterocycles. The maximum atomic E-state index is 5.79. The summed E-state index contributed by atoms with van der Waals surface area (Å²) in [4.78, 5) is 9.66. The summed E-state index contributed by atoms with van der Waals surface area (Å²) >= 11 is 0. The van der Waals surface area contributed by atoms with E-state index in [4.69, 9.17) is 142 Å². The van der Waals surface area contributed by atoms with Crippen LogP contribution in [0.2, 0.25) is 0 Å². The van der Waals surface area contributed by atoms with Crippen LogP contribution >= 0.6 is 0 Å². The van der Waals surface area contributed by atoms with Crippen molar-refractivity contribution in [1.82, 2.24) is 0 Å². The number of unbranched alkanes of at least 4 members (excludes halogenated alkanes) is 1. The van der Waals surface area contributed by atoms with Crippen LogP contribution in [0, 0.1) is 0 Å². The Bertz CT molecular complexity index is 3390. The molecule has 30 nitrogen and oxygen atoms in total. The van der Waals surface area contributed by atoms with E-state index in [2.05, 4.69) is 93.5 Å². The summed E-state index contributed by atoms with van der Waals surface area (Å²) in [5.41, 5.74) is 2.36. The SMILES string of the molecule is CC(C)OC1CCC(OC(C)C)CC1.CC(C)OCCCCOC(C)C.CC(C)OCCOCCOCCOC(C)C.CC(C)OCCOOC(C)C.CC(C)OCCOc1cc(OCCOC(C)C)cc(OCCOC(C)C)c1.CC(C)OCCOc1ccc(C(C)(C)c2ccc(OCCOC(C)C)cc2)cc1.CC(C)OCCOc1cccc(OCCOC(C)C)c1.CC(C)OCCOc1cocc1OCCOC(C)C. The molecule has 5 aromatic rings. The van der Waals surface area contributed by atoms with Gasteiger partial charge in [0.25, 0.3) is 0 Å². The Morgan fingerprint density at radius 3 is 0.669 bits per heavy atom. The van der Waals surface area contributed by atoms with Crippen LogP contribution in [0.3, 0.4) is 0 Å². The van der Waals surface area contributed by atoms with Crippen molar-refractivity contribution in [3.05, 3.63) is 115 Å². The summed E-state index contributed by atoms with van der Waals surface area (Å²) in [6, 6.07) is 29.8. The van der Waals surface area contributed by atoms with E-state index in [-0.39, 0.29) is 84.8 Å². The fourth-order valence-corrected chi connectivity index (χ4v) is 12.4. The van der Waals surface area contributed by atoms with Crippen molar-refractivity contribution in [3.63, 3.8) is 0 Å². The van der Waals surface area contributed by atoms with Gasteiger partial charge in [-0.1, -0.05) is 44.2 Å². The zero-order chi connectivity index (χ0) is 111. The van der Waals surface area contributed by atoms with Crippen molar-refractivity contribution in [2.45, 2.75) is 409 Å². The highest BCUT2D eigenvalue weighted by molar-refractivity contribution is 5.43. The van der Waals surface area contributed by atoms with E-state index in [1.807, 2.05) is 247 Å². The molecule has 0 unspecified atom stereocenters. The molecular weight excluding hydrogens is 1900 g/mol. The maximum absolute atomic E-state index is 5.79. The third kappa shape index (κ3) is 94.3. The minimum absolute atomic E-state index is 0.113. The van der Waals surface area contributed by atoms with E-state index in [9.17, 15) is 0 Å². The van der Waals surface area contributed by atoms with Crippen molar-refractivity contribution in [3.8, 4) is 51.7 Å². The van der Waals surface area contributed by atoms with Crippen molar-refractivity contribution in [2.75, 3.05) is 185 Å². The molecule has 1 saturated carbocycles. The fraction of sp³-hybridized carbons (Fsp3) is 0.763. The molecule has 1 aliphatic carbocycles. The van der Waals surface area contributed by atoms with E-state index in [0.717, 1.165) is 74.7 Å². The van der Waals surface area contributed by atoms with Crippen molar-refractivity contribution in [1.29, 1.82) is 0 Å². The van der Waals surface area contributed by atoms with Crippen LogP contribution in [-0.4, -0.2) is 301 Å². The molecule has 0 aliphatic heterocycles. The lowest BCUT2D eigenvalue weighted by atomic mass is 9.78. The van der Waals surface area contributed by atoms with Crippen LogP contribution in [0.25, 0.3) is 0 Å².